The number of phenols is 1. The van der Waals surface area contributed by atoms with E-state index in [0.717, 1.165) is 16.8 Å². The van der Waals surface area contributed by atoms with Gasteiger partial charge in [-0.1, -0.05) is 0 Å². The highest BCUT2D eigenvalue weighted by Crippen LogP contribution is 2.28. The van der Waals surface area contributed by atoms with Gasteiger partial charge in [0.05, 0.1) is 12.3 Å². The van der Waals surface area contributed by atoms with Crippen molar-refractivity contribution in [2.75, 3.05) is 5.32 Å². The van der Waals surface area contributed by atoms with Crippen molar-refractivity contribution < 1.29 is 15.3 Å². The monoisotopic (exact) mass is 288 g/mol. The van der Waals surface area contributed by atoms with E-state index in [4.69, 9.17) is 0 Å². The van der Waals surface area contributed by atoms with Gasteiger partial charge in [-0.25, -0.2) is 0 Å². The highest BCUT2D eigenvalue weighted by atomic mass is 16.3. The lowest BCUT2D eigenvalue weighted by Crippen LogP contribution is -2.06. The number of phenolic OH excluding ortho intramolecular Hbond substituents is 1. The highest BCUT2D eigenvalue weighted by Gasteiger charge is 2.12. The van der Waals surface area contributed by atoms with Gasteiger partial charge in [-0.15, -0.1) is 0 Å². The van der Waals surface area contributed by atoms with Gasteiger partial charge in [-0.2, -0.15) is 0 Å². The van der Waals surface area contributed by atoms with Crippen molar-refractivity contribution in [2.45, 2.75) is 33.9 Å². The van der Waals surface area contributed by atoms with E-state index >= 15 is 0 Å². The van der Waals surface area contributed by atoms with Crippen molar-refractivity contribution in [3.05, 3.63) is 46.3 Å². The first-order chi connectivity index (χ1) is 9.93. The second kappa shape index (κ2) is 6.01. The Bertz CT molecular complexity index is 669. The third kappa shape index (κ3) is 3.08. The summed E-state index contributed by atoms with van der Waals surface area (Å²) in [5.41, 5.74) is 4.33. The van der Waals surface area contributed by atoms with Crippen molar-refractivity contribution >= 4 is 5.69 Å². The van der Waals surface area contributed by atoms with Crippen molar-refractivity contribution in [3.8, 4) is 11.5 Å². The molecule has 0 spiro atoms. The maximum absolute atomic E-state index is 10.1. The summed E-state index contributed by atoms with van der Waals surface area (Å²) >= 11 is 0. The molecule has 21 heavy (non-hydrogen) atoms. The SMILES string of the molecule is Cc1cc(NCc2c(CO)cnc(C)c2O)c(C)cc1O. The number of aryl methyl sites for hydroxylation is 3. The van der Waals surface area contributed by atoms with Crippen LogP contribution < -0.4 is 5.32 Å². The van der Waals surface area contributed by atoms with Crippen LogP contribution in [0.5, 0.6) is 11.5 Å². The summed E-state index contributed by atoms with van der Waals surface area (Å²) < 4.78 is 0. The highest BCUT2D eigenvalue weighted by molar-refractivity contribution is 5.57. The van der Waals surface area contributed by atoms with Crippen LogP contribution in [0.3, 0.4) is 0 Å². The van der Waals surface area contributed by atoms with Crippen LogP contribution in [0, 0.1) is 20.8 Å². The average molecular weight is 288 g/mol. The van der Waals surface area contributed by atoms with E-state index in [1.54, 1.807) is 19.2 Å². The number of aromatic hydroxyl groups is 2. The number of pyridine rings is 1. The molecule has 2 rings (SSSR count). The molecule has 0 unspecified atom stereocenters. The lowest BCUT2D eigenvalue weighted by Gasteiger charge is -2.15. The molecule has 5 nitrogen and oxygen atoms in total. The quantitative estimate of drug-likeness (QED) is 0.650. The van der Waals surface area contributed by atoms with E-state index in [1.165, 1.54) is 0 Å². The van der Waals surface area contributed by atoms with E-state index in [9.17, 15) is 15.3 Å². The standard InChI is InChI=1S/C16H20N2O3/c1-9-5-15(20)10(2)4-14(9)18-7-13-12(8-19)6-17-11(3)16(13)21/h4-6,18-21H,7-8H2,1-3H3. The zero-order chi connectivity index (χ0) is 15.6. The molecule has 1 aromatic carbocycles. The van der Waals surface area contributed by atoms with Crippen LogP contribution in [0.2, 0.25) is 0 Å². The lowest BCUT2D eigenvalue weighted by atomic mass is 10.1. The van der Waals surface area contributed by atoms with Crippen LogP contribution in [0.1, 0.15) is 27.9 Å². The fraction of sp³-hybridized carbons (Fsp3) is 0.312. The Labute approximate surface area is 123 Å². The van der Waals surface area contributed by atoms with Crippen LogP contribution in [0.25, 0.3) is 0 Å². The molecule has 0 radical (unpaired) electrons. The molecule has 2 aromatic rings. The molecule has 112 valence electrons. The van der Waals surface area contributed by atoms with Gasteiger partial charge in [0, 0.05) is 29.6 Å². The van der Waals surface area contributed by atoms with Crippen molar-refractivity contribution in [1.82, 2.24) is 4.98 Å². The largest absolute Gasteiger partial charge is 0.508 e. The summed E-state index contributed by atoms with van der Waals surface area (Å²) in [7, 11) is 0. The summed E-state index contributed by atoms with van der Waals surface area (Å²) in [6.45, 7) is 5.64. The maximum Gasteiger partial charge on any atom is 0.142 e. The Kier molecular flexibility index (Phi) is 4.33. The fourth-order valence-corrected chi connectivity index (χ4v) is 2.19. The normalized spacial score (nSPS) is 10.7. The van der Waals surface area contributed by atoms with Gasteiger partial charge >= 0.3 is 0 Å². The molecule has 0 amide bonds. The summed E-state index contributed by atoms with van der Waals surface area (Å²) in [6.07, 6.45) is 1.57. The molecule has 1 aromatic heterocycles. The average Bonchev–Trinajstić information content (AvgIpc) is 2.45. The van der Waals surface area contributed by atoms with Gasteiger partial charge in [0.15, 0.2) is 0 Å². The molecule has 0 saturated carbocycles. The van der Waals surface area contributed by atoms with Crippen LogP contribution in [-0.2, 0) is 13.2 Å². The molecule has 0 aliphatic carbocycles. The van der Waals surface area contributed by atoms with E-state index in [2.05, 4.69) is 10.3 Å². The van der Waals surface area contributed by atoms with Gasteiger partial charge in [-0.05, 0) is 44.0 Å². The third-order valence-corrected chi connectivity index (χ3v) is 3.60. The number of nitrogens with one attached hydrogen (secondary N) is 1. The second-order valence-corrected chi connectivity index (χ2v) is 5.16. The number of hydrogen-bond acceptors (Lipinski definition) is 5. The third-order valence-electron chi connectivity index (χ3n) is 3.60. The molecular formula is C16H20N2O3. The Hall–Kier alpha value is -2.27. The predicted molar refractivity (Wildman–Crippen MR) is 81.5 cm³/mol. The number of aliphatic hydroxyl groups excluding tert-OH is 1. The summed E-state index contributed by atoms with van der Waals surface area (Å²) in [4.78, 5) is 4.04. The Balaban J connectivity index is 2.28. The zero-order valence-corrected chi connectivity index (χ0v) is 12.4. The molecule has 4 N–H and O–H groups in total. The molecule has 0 bridgehead atoms. The van der Waals surface area contributed by atoms with Crippen molar-refractivity contribution in [3.63, 3.8) is 0 Å². The minimum atomic E-state index is -0.175. The first-order valence-electron chi connectivity index (χ1n) is 6.75. The van der Waals surface area contributed by atoms with Gasteiger partial charge in [-0.3, -0.25) is 4.98 Å². The Morgan fingerprint density at radius 3 is 2.48 bits per heavy atom. The summed E-state index contributed by atoms with van der Waals surface area (Å²) in [6, 6.07) is 3.55. The molecular weight excluding hydrogens is 268 g/mol. The van der Waals surface area contributed by atoms with Crippen LogP contribution in [-0.4, -0.2) is 20.3 Å². The topological polar surface area (TPSA) is 85.6 Å². The summed E-state index contributed by atoms with van der Waals surface area (Å²) in [5, 5.41) is 32.3. The molecule has 0 fully saturated rings. The number of anilines is 1. The summed E-state index contributed by atoms with van der Waals surface area (Å²) in [5.74, 6) is 0.360. The first-order valence-corrected chi connectivity index (χ1v) is 6.75. The zero-order valence-electron chi connectivity index (χ0n) is 12.4. The number of nitrogens with zero attached hydrogens (tertiary/aromatic N) is 1. The lowest BCUT2D eigenvalue weighted by molar-refractivity contribution is 0.279. The van der Waals surface area contributed by atoms with Crippen molar-refractivity contribution in [1.29, 1.82) is 0 Å². The molecule has 5 heteroatoms. The second-order valence-electron chi connectivity index (χ2n) is 5.16. The number of hydrogen-bond donors (Lipinski definition) is 4. The molecule has 1 heterocycles. The van der Waals surface area contributed by atoms with Gasteiger partial charge in [0.1, 0.15) is 11.5 Å². The van der Waals surface area contributed by atoms with Gasteiger partial charge in [0.2, 0.25) is 0 Å². The Morgan fingerprint density at radius 1 is 1.10 bits per heavy atom. The van der Waals surface area contributed by atoms with Gasteiger partial charge in [0.25, 0.3) is 0 Å². The predicted octanol–water partition coefficient (Wildman–Crippen LogP) is 2.52. The molecule has 0 aliphatic rings. The fourth-order valence-electron chi connectivity index (χ4n) is 2.19. The van der Waals surface area contributed by atoms with E-state index in [1.807, 2.05) is 19.9 Å². The number of benzene rings is 1. The van der Waals surface area contributed by atoms with E-state index in [-0.39, 0.29) is 18.1 Å². The molecule has 0 aliphatic heterocycles. The minimum Gasteiger partial charge on any atom is -0.508 e. The molecule has 0 saturated heterocycles. The molecule has 0 atom stereocenters. The van der Waals surface area contributed by atoms with Crippen LogP contribution >= 0.6 is 0 Å². The number of aromatic nitrogens is 1. The maximum atomic E-state index is 10.1. The first kappa shape index (κ1) is 15.1. The van der Waals surface area contributed by atoms with Gasteiger partial charge < -0.3 is 20.6 Å². The number of rotatable bonds is 4. The van der Waals surface area contributed by atoms with Crippen molar-refractivity contribution in [2.24, 2.45) is 0 Å². The number of aliphatic hydroxyl groups is 1. The van der Waals surface area contributed by atoms with Crippen LogP contribution in [0.15, 0.2) is 18.3 Å². The Morgan fingerprint density at radius 2 is 1.81 bits per heavy atom. The minimum absolute atomic E-state index is 0.0993. The van der Waals surface area contributed by atoms with Crippen LogP contribution in [0.4, 0.5) is 5.69 Å². The smallest absolute Gasteiger partial charge is 0.142 e. The van der Waals surface area contributed by atoms with E-state index in [0.29, 0.717) is 23.4 Å². The van der Waals surface area contributed by atoms with E-state index < -0.39 is 0 Å².